The Hall–Kier alpha value is -2.18. The number of amides is 1. The average Bonchev–Trinajstić information content (AvgIpc) is 3.45. The molecule has 4 rings (SSSR count). The average molecular weight is 726 g/mol. The molecular formula is C45H75NO6. The number of hydrogen-bond acceptors (Lipinski definition) is 6. The molecule has 4 aliphatic rings. The van der Waals surface area contributed by atoms with Gasteiger partial charge in [0, 0.05) is 32.2 Å². The third-order valence-electron chi connectivity index (χ3n) is 14.2. The first kappa shape index (κ1) is 42.6. The van der Waals surface area contributed by atoms with Crippen LogP contribution < -0.4 is 0 Å². The predicted molar refractivity (Wildman–Crippen MR) is 208 cm³/mol. The van der Waals surface area contributed by atoms with Crippen LogP contribution in [-0.2, 0) is 28.7 Å². The standard InChI is InChI=1S/C45H75NO6/c1-8-15-35(47)31-46(29-26-42(49)51-9-2)41(48)18-12-10-11-13-19-43(50)52-36-24-27-44(6)34(30-36)20-21-37-39-23-22-38(33(5)17-14-16-32(3)4)45(39,7)28-25-40(37)44/h20,32-33,36-40H,8-19,21-31H2,1-7H3/t33?,36-,37?,38+,39?,40?,44-,45+/m0/s1. The molecule has 0 aromatic carbocycles. The molecular weight excluding hydrogens is 650 g/mol. The van der Waals surface area contributed by atoms with Crippen LogP contribution >= 0.6 is 0 Å². The second-order valence-corrected chi connectivity index (χ2v) is 18.2. The van der Waals surface area contributed by atoms with Gasteiger partial charge < -0.3 is 14.4 Å². The fourth-order valence-electron chi connectivity index (χ4n) is 11.4. The third kappa shape index (κ3) is 11.0. The van der Waals surface area contributed by atoms with Gasteiger partial charge in [-0.2, -0.15) is 0 Å². The molecule has 4 aliphatic carbocycles. The second-order valence-electron chi connectivity index (χ2n) is 18.2. The van der Waals surface area contributed by atoms with Gasteiger partial charge in [0.1, 0.15) is 6.10 Å². The highest BCUT2D eigenvalue weighted by atomic mass is 16.5. The van der Waals surface area contributed by atoms with Crippen LogP contribution in [0.5, 0.6) is 0 Å². The smallest absolute Gasteiger partial charge is 0.307 e. The highest BCUT2D eigenvalue weighted by Crippen LogP contribution is 2.67. The lowest BCUT2D eigenvalue weighted by atomic mass is 9.47. The molecule has 3 fully saturated rings. The molecule has 296 valence electrons. The van der Waals surface area contributed by atoms with E-state index in [9.17, 15) is 19.2 Å². The van der Waals surface area contributed by atoms with Crippen molar-refractivity contribution in [2.24, 2.45) is 46.3 Å². The van der Waals surface area contributed by atoms with E-state index in [1.165, 1.54) is 56.3 Å². The lowest BCUT2D eigenvalue weighted by Crippen LogP contribution is -2.51. The first-order chi connectivity index (χ1) is 24.8. The zero-order chi connectivity index (χ0) is 37.9. The van der Waals surface area contributed by atoms with Crippen molar-refractivity contribution in [1.29, 1.82) is 0 Å². The number of carbonyl (C=O) groups excluding carboxylic acids is 4. The molecule has 52 heavy (non-hydrogen) atoms. The van der Waals surface area contributed by atoms with Gasteiger partial charge >= 0.3 is 11.9 Å². The SMILES string of the molecule is CCCC(=O)CN(CCC(=O)OCC)C(=O)CCCCCCC(=O)O[C@H]1CC[C@@]2(C)C(=CCC3C2CC[C@@]2(C)C3CC[C@@H]2C(C)CCCC(C)C)C1. The summed E-state index contributed by atoms with van der Waals surface area (Å²) < 4.78 is 11.1. The summed E-state index contributed by atoms with van der Waals surface area (Å²) in [6, 6.07) is 0. The Bertz CT molecular complexity index is 1230. The zero-order valence-corrected chi connectivity index (χ0v) is 34.3. The van der Waals surface area contributed by atoms with Crippen LogP contribution in [0.1, 0.15) is 177 Å². The monoisotopic (exact) mass is 726 g/mol. The van der Waals surface area contributed by atoms with E-state index in [1.807, 2.05) is 6.92 Å². The number of ether oxygens (including phenoxy) is 2. The second kappa shape index (κ2) is 19.9. The summed E-state index contributed by atoms with van der Waals surface area (Å²) in [5.41, 5.74) is 2.32. The summed E-state index contributed by atoms with van der Waals surface area (Å²) >= 11 is 0. The van der Waals surface area contributed by atoms with Crippen LogP contribution in [0.2, 0.25) is 0 Å². The summed E-state index contributed by atoms with van der Waals surface area (Å²) in [7, 11) is 0. The van der Waals surface area contributed by atoms with Gasteiger partial charge in [-0.05, 0) is 117 Å². The number of fused-ring (bicyclic) bond motifs is 5. The van der Waals surface area contributed by atoms with E-state index in [0.29, 0.717) is 37.7 Å². The van der Waals surface area contributed by atoms with Crippen molar-refractivity contribution in [2.45, 2.75) is 183 Å². The minimum absolute atomic E-state index is 0.00610. The quantitative estimate of drug-likeness (QED) is 0.0665. The van der Waals surface area contributed by atoms with Gasteiger partial charge in [0.25, 0.3) is 0 Å². The van der Waals surface area contributed by atoms with Crippen LogP contribution in [0.25, 0.3) is 0 Å². The van der Waals surface area contributed by atoms with E-state index in [2.05, 4.69) is 40.7 Å². The first-order valence-electron chi connectivity index (χ1n) is 21.7. The largest absolute Gasteiger partial charge is 0.466 e. The van der Waals surface area contributed by atoms with Crippen molar-refractivity contribution < 1.29 is 28.7 Å². The third-order valence-corrected chi connectivity index (χ3v) is 14.2. The molecule has 0 radical (unpaired) electrons. The van der Waals surface area contributed by atoms with Gasteiger partial charge in [-0.3, -0.25) is 19.2 Å². The number of nitrogens with zero attached hydrogens (tertiary/aromatic N) is 1. The van der Waals surface area contributed by atoms with Crippen molar-refractivity contribution >= 4 is 23.6 Å². The molecule has 0 heterocycles. The maximum absolute atomic E-state index is 12.9. The molecule has 0 aromatic heterocycles. The lowest BCUT2D eigenvalue weighted by Gasteiger charge is -2.58. The summed E-state index contributed by atoms with van der Waals surface area (Å²) in [5, 5.41) is 0. The number of carbonyl (C=O) groups is 4. The Labute approximate surface area is 317 Å². The molecule has 0 aromatic rings. The van der Waals surface area contributed by atoms with Crippen LogP contribution in [-0.4, -0.2) is 54.3 Å². The van der Waals surface area contributed by atoms with Gasteiger partial charge in [0.15, 0.2) is 5.78 Å². The van der Waals surface area contributed by atoms with E-state index in [0.717, 1.165) is 80.5 Å². The van der Waals surface area contributed by atoms with Crippen LogP contribution in [0.15, 0.2) is 11.6 Å². The molecule has 1 amide bonds. The van der Waals surface area contributed by atoms with E-state index < -0.39 is 0 Å². The van der Waals surface area contributed by atoms with Crippen molar-refractivity contribution in [2.75, 3.05) is 19.7 Å². The number of allylic oxidation sites excluding steroid dienone is 1. The molecule has 4 unspecified atom stereocenters. The first-order valence-corrected chi connectivity index (χ1v) is 21.7. The number of unbranched alkanes of at least 4 members (excludes halogenated alkanes) is 3. The van der Waals surface area contributed by atoms with Crippen molar-refractivity contribution in [1.82, 2.24) is 4.90 Å². The Morgan fingerprint density at radius 1 is 0.827 bits per heavy atom. The Kier molecular flexibility index (Phi) is 16.3. The van der Waals surface area contributed by atoms with Crippen LogP contribution in [0.3, 0.4) is 0 Å². The fourth-order valence-corrected chi connectivity index (χ4v) is 11.4. The molecule has 8 atom stereocenters. The molecule has 7 heteroatoms. The molecule has 0 saturated heterocycles. The van der Waals surface area contributed by atoms with Gasteiger partial charge in [-0.15, -0.1) is 0 Å². The maximum Gasteiger partial charge on any atom is 0.307 e. The van der Waals surface area contributed by atoms with E-state index >= 15 is 0 Å². The van der Waals surface area contributed by atoms with Crippen LogP contribution in [0.4, 0.5) is 0 Å². The van der Waals surface area contributed by atoms with E-state index in [-0.39, 0.29) is 54.7 Å². The van der Waals surface area contributed by atoms with Gasteiger partial charge in [0.05, 0.1) is 19.6 Å². The summed E-state index contributed by atoms with van der Waals surface area (Å²) in [5.74, 6) is 4.44. The Morgan fingerprint density at radius 3 is 2.29 bits per heavy atom. The van der Waals surface area contributed by atoms with Crippen molar-refractivity contribution in [3.05, 3.63) is 11.6 Å². The molecule has 3 saturated carbocycles. The molecule has 0 aliphatic heterocycles. The van der Waals surface area contributed by atoms with E-state index in [1.54, 1.807) is 12.5 Å². The minimum atomic E-state index is -0.354. The highest BCUT2D eigenvalue weighted by molar-refractivity contribution is 5.86. The van der Waals surface area contributed by atoms with Crippen LogP contribution in [0, 0.1) is 46.3 Å². The van der Waals surface area contributed by atoms with Gasteiger partial charge in [0.2, 0.25) is 5.91 Å². The van der Waals surface area contributed by atoms with Crippen molar-refractivity contribution in [3.8, 4) is 0 Å². The molecule has 7 nitrogen and oxygen atoms in total. The molecule has 0 N–H and O–H groups in total. The number of rotatable bonds is 21. The summed E-state index contributed by atoms with van der Waals surface area (Å²) in [4.78, 5) is 51.4. The summed E-state index contributed by atoms with van der Waals surface area (Å²) in [6.45, 7) is 16.7. The zero-order valence-electron chi connectivity index (χ0n) is 34.3. The number of Topliss-reactive ketones (excluding diaryl/α,β-unsaturated/α-hetero) is 1. The topological polar surface area (TPSA) is 90.0 Å². The summed E-state index contributed by atoms with van der Waals surface area (Å²) in [6.07, 6.45) is 21.7. The normalized spacial score (nSPS) is 30.1. The Morgan fingerprint density at radius 2 is 1.58 bits per heavy atom. The lowest BCUT2D eigenvalue weighted by molar-refractivity contribution is -0.151. The Balaban J connectivity index is 1.18. The molecule has 0 bridgehead atoms. The van der Waals surface area contributed by atoms with E-state index in [4.69, 9.17) is 9.47 Å². The predicted octanol–water partition coefficient (Wildman–Crippen LogP) is 10.4. The van der Waals surface area contributed by atoms with Gasteiger partial charge in [-0.1, -0.05) is 85.3 Å². The maximum atomic E-state index is 12.9. The molecule has 0 spiro atoms. The van der Waals surface area contributed by atoms with Gasteiger partial charge in [-0.25, -0.2) is 0 Å². The number of hydrogen-bond donors (Lipinski definition) is 0. The minimum Gasteiger partial charge on any atom is -0.466 e. The fraction of sp³-hybridized carbons (Fsp3) is 0.867. The number of esters is 2. The number of ketones is 1. The highest BCUT2D eigenvalue weighted by Gasteiger charge is 2.59. The van der Waals surface area contributed by atoms with Crippen molar-refractivity contribution in [3.63, 3.8) is 0 Å².